The van der Waals surface area contributed by atoms with Crippen molar-refractivity contribution >= 4 is 5.97 Å². The van der Waals surface area contributed by atoms with E-state index in [0.29, 0.717) is 13.0 Å². The summed E-state index contributed by atoms with van der Waals surface area (Å²) in [6, 6.07) is 7.80. The first-order chi connectivity index (χ1) is 10.8. The highest BCUT2D eigenvalue weighted by atomic mass is 16.5. The van der Waals surface area contributed by atoms with Crippen molar-refractivity contribution in [3.8, 4) is 0 Å². The van der Waals surface area contributed by atoms with Gasteiger partial charge in [0.05, 0.1) is 13.2 Å². The summed E-state index contributed by atoms with van der Waals surface area (Å²) >= 11 is 0. The molecule has 0 amide bonds. The fourth-order valence-corrected chi connectivity index (χ4v) is 2.73. The van der Waals surface area contributed by atoms with Gasteiger partial charge in [0.15, 0.2) is 0 Å². The standard InChI is InChI=1S/C19H27NO3/c1-13(20-17(18(21)22)7-9-19(2,3)4)14-5-6-16-12-23-10-8-15(16)11-14/h11,13,17,20H,7-10,12H2,1-4H3,(H,21,22)/t13-,17?/m0/s1. The third-order valence-electron chi connectivity index (χ3n) is 4.24. The molecule has 0 fully saturated rings. The molecule has 0 bridgehead atoms. The van der Waals surface area contributed by atoms with Crippen molar-refractivity contribution in [2.24, 2.45) is 5.41 Å². The Labute approximate surface area is 139 Å². The Balaban J connectivity index is 2.03. The molecule has 2 atom stereocenters. The Hall–Kier alpha value is -1.57. The Kier molecular flexibility index (Phi) is 5.67. The molecule has 0 saturated carbocycles. The molecule has 1 aromatic carbocycles. The number of nitrogens with one attached hydrogen (secondary N) is 1. The summed E-state index contributed by atoms with van der Waals surface area (Å²) in [5.41, 5.74) is 3.40. The number of aliphatic carboxylic acids is 1. The highest BCUT2D eigenvalue weighted by molar-refractivity contribution is 5.73. The van der Waals surface area contributed by atoms with Crippen LogP contribution in [-0.2, 0) is 22.6 Å². The topological polar surface area (TPSA) is 58.6 Å². The minimum absolute atomic E-state index is 0.0690. The second-order valence-electron chi connectivity index (χ2n) is 7.53. The van der Waals surface area contributed by atoms with Gasteiger partial charge >= 0.3 is 5.97 Å². The van der Waals surface area contributed by atoms with E-state index >= 15 is 0 Å². The second-order valence-corrected chi connectivity index (χ2v) is 7.53. The maximum Gasteiger partial charge on any atom is 0.320 e. The first-order valence-electron chi connectivity index (χ1n) is 8.28. The fraction of sp³-hybridized carbons (Fsp3) is 0.632. The van der Waals surface area contributed by atoms with Gasteiger partial charge in [0.2, 0.25) is 0 Å². The lowest BCUT2D eigenvalue weighted by atomic mass is 9.88. The molecule has 4 nitrogen and oxygen atoms in total. The summed E-state index contributed by atoms with van der Waals surface area (Å²) in [5.74, 6) is -0.795. The van der Waals surface area contributed by atoms with Crippen LogP contribution in [0.15, 0.2) is 6.07 Å². The van der Waals surface area contributed by atoms with Gasteiger partial charge in [0, 0.05) is 17.2 Å². The van der Waals surface area contributed by atoms with Crippen LogP contribution in [0.25, 0.3) is 0 Å². The molecule has 0 aliphatic carbocycles. The molecule has 0 saturated heterocycles. The van der Waals surface area contributed by atoms with Crippen LogP contribution in [0.4, 0.5) is 0 Å². The van der Waals surface area contributed by atoms with E-state index in [1.165, 1.54) is 5.56 Å². The Morgan fingerprint density at radius 2 is 2.17 bits per heavy atom. The lowest BCUT2D eigenvalue weighted by Crippen LogP contribution is -2.39. The maximum absolute atomic E-state index is 11.5. The van der Waals surface area contributed by atoms with Crippen molar-refractivity contribution in [2.45, 2.75) is 65.6 Å². The summed E-state index contributed by atoms with van der Waals surface area (Å²) in [6.07, 6.45) is 2.36. The van der Waals surface area contributed by atoms with Crippen LogP contribution < -0.4 is 5.32 Å². The third-order valence-corrected chi connectivity index (χ3v) is 4.24. The van der Waals surface area contributed by atoms with E-state index in [2.05, 4.69) is 44.3 Å². The minimum atomic E-state index is -0.795. The lowest BCUT2D eigenvalue weighted by Gasteiger charge is -2.24. The zero-order valence-corrected chi connectivity index (χ0v) is 14.5. The van der Waals surface area contributed by atoms with Gasteiger partial charge in [-0.3, -0.25) is 10.1 Å². The summed E-state index contributed by atoms with van der Waals surface area (Å²) < 4.78 is 5.41. The van der Waals surface area contributed by atoms with Crippen LogP contribution in [0.5, 0.6) is 0 Å². The van der Waals surface area contributed by atoms with Gasteiger partial charge in [-0.05, 0) is 43.2 Å². The molecule has 1 aliphatic rings. The smallest absolute Gasteiger partial charge is 0.320 e. The Morgan fingerprint density at radius 3 is 2.83 bits per heavy atom. The van der Waals surface area contributed by atoms with Crippen molar-refractivity contribution < 1.29 is 14.6 Å². The summed E-state index contributed by atoms with van der Waals surface area (Å²) in [4.78, 5) is 11.5. The van der Waals surface area contributed by atoms with Gasteiger partial charge in [-0.15, -0.1) is 0 Å². The largest absolute Gasteiger partial charge is 0.480 e. The SMILES string of the molecule is C[C@H](NC(CCC(C)(C)C)C(=O)O)c1c#cc2c(c1)CCOC2. The van der Waals surface area contributed by atoms with E-state index in [1.807, 2.05) is 6.92 Å². The second kappa shape index (κ2) is 7.33. The van der Waals surface area contributed by atoms with Crippen LogP contribution in [0.2, 0.25) is 0 Å². The van der Waals surface area contributed by atoms with Gasteiger partial charge in [0.25, 0.3) is 0 Å². The number of carboxylic acids is 1. The third kappa shape index (κ3) is 5.23. The van der Waals surface area contributed by atoms with Gasteiger partial charge in [-0.25, -0.2) is 0 Å². The predicted molar refractivity (Wildman–Crippen MR) is 89.1 cm³/mol. The lowest BCUT2D eigenvalue weighted by molar-refractivity contribution is -0.140. The molecule has 1 aliphatic heterocycles. The van der Waals surface area contributed by atoms with Gasteiger partial charge in [-0.1, -0.05) is 32.9 Å². The van der Waals surface area contributed by atoms with E-state index in [1.54, 1.807) is 0 Å². The molecule has 4 heteroatoms. The Bertz CT molecular complexity index is 548. The highest BCUT2D eigenvalue weighted by Crippen LogP contribution is 2.23. The summed E-state index contributed by atoms with van der Waals surface area (Å²) in [7, 11) is 0. The molecule has 1 aromatic rings. The highest BCUT2D eigenvalue weighted by Gasteiger charge is 2.23. The summed E-state index contributed by atoms with van der Waals surface area (Å²) in [6.45, 7) is 9.70. The normalized spacial score (nSPS) is 17.0. The van der Waals surface area contributed by atoms with Crippen LogP contribution in [0.1, 0.15) is 63.3 Å². The molecule has 126 valence electrons. The van der Waals surface area contributed by atoms with Gasteiger partial charge in [-0.2, -0.15) is 0 Å². The molecule has 1 heterocycles. The average Bonchev–Trinajstić information content (AvgIpc) is 2.49. The van der Waals surface area contributed by atoms with Crippen LogP contribution in [0, 0.1) is 17.5 Å². The van der Waals surface area contributed by atoms with E-state index in [0.717, 1.165) is 30.6 Å². The monoisotopic (exact) mass is 317 g/mol. The van der Waals surface area contributed by atoms with Gasteiger partial charge < -0.3 is 9.84 Å². The first kappa shape index (κ1) is 17.8. The van der Waals surface area contributed by atoms with Crippen LogP contribution >= 0.6 is 0 Å². The van der Waals surface area contributed by atoms with E-state index in [-0.39, 0.29) is 11.5 Å². The minimum Gasteiger partial charge on any atom is -0.480 e. The summed E-state index contributed by atoms with van der Waals surface area (Å²) in [5, 5.41) is 12.7. The molecule has 2 rings (SSSR count). The predicted octanol–water partition coefficient (Wildman–Crippen LogP) is 3.29. The van der Waals surface area contributed by atoms with Crippen LogP contribution in [-0.4, -0.2) is 23.7 Å². The molecule has 0 radical (unpaired) electrons. The fourth-order valence-electron chi connectivity index (χ4n) is 2.73. The zero-order valence-electron chi connectivity index (χ0n) is 14.5. The molecule has 1 unspecified atom stereocenters. The molecule has 0 aromatic heterocycles. The number of hydrogen-bond donors (Lipinski definition) is 2. The Morgan fingerprint density at radius 1 is 1.43 bits per heavy atom. The van der Waals surface area contributed by atoms with Crippen molar-refractivity contribution in [1.29, 1.82) is 0 Å². The number of carbonyl (C=O) groups is 1. The van der Waals surface area contributed by atoms with Crippen molar-refractivity contribution in [3.63, 3.8) is 0 Å². The first-order valence-corrected chi connectivity index (χ1v) is 8.28. The van der Waals surface area contributed by atoms with Crippen molar-refractivity contribution in [2.75, 3.05) is 6.61 Å². The van der Waals surface area contributed by atoms with Crippen LogP contribution in [0.3, 0.4) is 0 Å². The zero-order chi connectivity index (χ0) is 17.0. The number of ether oxygens (including phenoxy) is 1. The molecule has 0 spiro atoms. The average molecular weight is 317 g/mol. The van der Waals surface area contributed by atoms with E-state index in [9.17, 15) is 9.90 Å². The maximum atomic E-state index is 11.5. The van der Waals surface area contributed by atoms with Crippen molar-refractivity contribution in [3.05, 3.63) is 34.9 Å². The number of fused-ring (bicyclic) bond motifs is 1. The van der Waals surface area contributed by atoms with E-state index < -0.39 is 12.0 Å². The number of rotatable bonds is 6. The number of carboxylic acid groups (broad SMARTS) is 1. The molecule has 2 N–H and O–H groups in total. The quantitative estimate of drug-likeness (QED) is 0.845. The van der Waals surface area contributed by atoms with E-state index in [4.69, 9.17) is 4.74 Å². The number of hydrogen-bond acceptors (Lipinski definition) is 3. The van der Waals surface area contributed by atoms with Gasteiger partial charge in [0.1, 0.15) is 6.04 Å². The molecular formula is C19H27NO3. The molecule has 23 heavy (non-hydrogen) atoms. The molecular weight excluding hydrogens is 290 g/mol. The van der Waals surface area contributed by atoms with Crippen molar-refractivity contribution in [1.82, 2.24) is 5.32 Å².